The molecule has 7 heteroatoms. The highest BCUT2D eigenvalue weighted by molar-refractivity contribution is 6.35. The summed E-state index contributed by atoms with van der Waals surface area (Å²) in [6.45, 7) is 1.65. The van der Waals surface area contributed by atoms with Gasteiger partial charge in [-0.05, 0) is 43.3 Å². The van der Waals surface area contributed by atoms with Crippen LogP contribution in [0.2, 0.25) is 10.0 Å². The van der Waals surface area contributed by atoms with Gasteiger partial charge < -0.3 is 10.1 Å². The average molecular weight is 350 g/mol. The first-order valence-corrected chi connectivity index (χ1v) is 7.64. The van der Waals surface area contributed by atoms with Crippen LogP contribution in [-0.2, 0) is 4.79 Å². The Kier molecular flexibility index (Phi) is 4.41. The molecule has 0 radical (unpaired) electrons. The number of nitrogens with zero attached hydrogens (tertiary/aromatic N) is 2. The summed E-state index contributed by atoms with van der Waals surface area (Å²) in [4.78, 5) is 12.2. The van der Waals surface area contributed by atoms with Crippen molar-refractivity contribution in [1.29, 1.82) is 0 Å². The molecular weight excluding hydrogens is 337 g/mol. The minimum Gasteiger partial charge on any atom is -0.479 e. The maximum atomic E-state index is 12.2. The Balaban J connectivity index is 1.69. The number of anilines is 1. The normalized spacial score (nSPS) is 12.1. The number of amides is 1. The van der Waals surface area contributed by atoms with Crippen LogP contribution in [0, 0.1) is 0 Å². The van der Waals surface area contributed by atoms with Crippen LogP contribution >= 0.6 is 23.2 Å². The van der Waals surface area contributed by atoms with Gasteiger partial charge in [0.1, 0.15) is 5.75 Å². The zero-order valence-electron chi connectivity index (χ0n) is 12.2. The number of benzene rings is 1. The van der Waals surface area contributed by atoms with Gasteiger partial charge in [0.05, 0.1) is 10.5 Å². The second-order valence-electron chi connectivity index (χ2n) is 4.94. The van der Waals surface area contributed by atoms with E-state index in [2.05, 4.69) is 10.4 Å². The molecule has 0 aliphatic rings. The van der Waals surface area contributed by atoms with Crippen molar-refractivity contribution in [3.05, 3.63) is 58.8 Å². The lowest BCUT2D eigenvalue weighted by atomic mass is 10.3. The van der Waals surface area contributed by atoms with Crippen molar-refractivity contribution >= 4 is 40.3 Å². The smallest absolute Gasteiger partial charge is 0.265 e. The van der Waals surface area contributed by atoms with Crippen molar-refractivity contribution in [2.75, 3.05) is 5.32 Å². The number of halogens is 2. The maximum absolute atomic E-state index is 12.2. The predicted octanol–water partition coefficient (Wildman–Crippen LogP) is 4.05. The zero-order valence-corrected chi connectivity index (χ0v) is 13.7. The largest absolute Gasteiger partial charge is 0.479 e. The molecule has 0 aliphatic carbocycles. The summed E-state index contributed by atoms with van der Waals surface area (Å²) < 4.78 is 7.30. The van der Waals surface area contributed by atoms with Crippen LogP contribution < -0.4 is 10.1 Å². The van der Waals surface area contributed by atoms with Crippen molar-refractivity contribution in [1.82, 2.24) is 9.61 Å². The van der Waals surface area contributed by atoms with E-state index in [1.54, 1.807) is 48.1 Å². The number of carbonyl (C=O) groups excluding carboxylic acids is 1. The molecule has 1 unspecified atom stereocenters. The molecule has 2 heterocycles. The summed E-state index contributed by atoms with van der Waals surface area (Å²) in [6.07, 6.45) is 2.75. The first kappa shape index (κ1) is 15.6. The van der Waals surface area contributed by atoms with Crippen molar-refractivity contribution in [2.45, 2.75) is 13.0 Å². The quantitative estimate of drug-likeness (QED) is 0.772. The maximum Gasteiger partial charge on any atom is 0.265 e. The van der Waals surface area contributed by atoms with Crippen molar-refractivity contribution < 1.29 is 9.53 Å². The molecule has 0 spiro atoms. The Morgan fingerprint density at radius 1 is 1.26 bits per heavy atom. The van der Waals surface area contributed by atoms with Crippen LogP contribution in [0.1, 0.15) is 6.92 Å². The van der Waals surface area contributed by atoms with E-state index < -0.39 is 6.10 Å². The number of fused-ring (bicyclic) bond motifs is 1. The van der Waals surface area contributed by atoms with Crippen LogP contribution in [0.4, 0.5) is 5.69 Å². The number of nitrogens with one attached hydrogen (secondary N) is 1. The van der Waals surface area contributed by atoms with Crippen LogP contribution in [0.3, 0.4) is 0 Å². The third kappa shape index (κ3) is 3.57. The molecular formula is C16H13Cl2N3O2. The average Bonchev–Trinajstić information content (AvgIpc) is 2.97. The van der Waals surface area contributed by atoms with E-state index in [4.69, 9.17) is 27.9 Å². The van der Waals surface area contributed by atoms with Gasteiger partial charge in [-0.3, -0.25) is 4.79 Å². The molecule has 2 aromatic heterocycles. The first-order chi connectivity index (χ1) is 11.0. The zero-order chi connectivity index (χ0) is 16.4. The minimum atomic E-state index is -0.713. The fourth-order valence-corrected chi connectivity index (χ4v) is 2.51. The molecule has 118 valence electrons. The Labute approximate surface area is 142 Å². The fourth-order valence-electron chi connectivity index (χ4n) is 2.06. The summed E-state index contributed by atoms with van der Waals surface area (Å²) in [5.41, 5.74) is 1.55. The molecule has 5 nitrogen and oxygen atoms in total. The molecule has 1 amide bonds. The second-order valence-corrected chi connectivity index (χ2v) is 5.78. The number of carbonyl (C=O) groups is 1. The Morgan fingerprint density at radius 3 is 2.87 bits per heavy atom. The van der Waals surface area contributed by atoms with Crippen molar-refractivity contribution in [3.63, 3.8) is 0 Å². The van der Waals surface area contributed by atoms with Crippen molar-refractivity contribution in [3.8, 4) is 5.75 Å². The molecule has 3 rings (SSSR count). The van der Waals surface area contributed by atoms with Gasteiger partial charge in [-0.25, -0.2) is 4.52 Å². The van der Waals surface area contributed by atoms with Gasteiger partial charge in [0.2, 0.25) is 0 Å². The Hall–Kier alpha value is -2.24. The predicted molar refractivity (Wildman–Crippen MR) is 90.4 cm³/mol. The molecule has 0 saturated heterocycles. The van der Waals surface area contributed by atoms with E-state index in [-0.39, 0.29) is 5.91 Å². The van der Waals surface area contributed by atoms with Crippen LogP contribution in [0.5, 0.6) is 5.75 Å². The summed E-state index contributed by atoms with van der Waals surface area (Å²) in [7, 11) is 0. The fraction of sp³-hybridized carbons (Fsp3) is 0.125. The van der Waals surface area contributed by atoms with Gasteiger partial charge in [-0.15, -0.1) is 0 Å². The second kappa shape index (κ2) is 6.48. The number of hydrogen-bond acceptors (Lipinski definition) is 3. The SMILES string of the molecule is CC(Oc1ccc(Cl)cc1Cl)C(=O)Nc1ccn2nccc2c1. The number of ether oxygens (including phenoxy) is 1. The van der Waals surface area contributed by atoms with Crippen LogP contribution in [-0.4, -0.2) is 21.6 Å². The molecule has 1 atom stereocenters. The van der Waals surface area contributed by atoms with Gasteiger partial charge in [-0.1, -0.05) is 23.2 Å². The van der Waals surface area contributed by atoms with Gasteiger partial charge in [0.15, 0.2) is 6.10 Å². The van der Waals surface area contributed by atoms with E-state index in [0.717, 1.165) is 5.52 Å². The third-order valence-electron chi connectivity index (χ3n) is 3.23. The topological polar surface area (TPSA) is 55.6 Å². The summed E-state index contributed by atoms with van der Waals surface area (Å²) >= 11 is 11.9. The summed E-state index contributed by atoms with van der Waals surface area (Å²) in [5, 5.41) is 7.77. The molecule has 1 N–H and O–H groups in total. The van der Waals surface area contributed by atoms with Crippen molar-refractivity contribution in [2.24, 2.45) is 0 Å². The first-order valence-electron chi connectivity index (χ1n) is 6.89. The third-order valence-corrected chi connectivity index (χ3v) is 3.76. The standard InChI is InChI=1S/C16H13Cl2N3O2/c1-10(23-15-3-2-11(17)8-14(15)18)16(22)20-12-5-7-21-13(9-12)4-6-19-21/h2-10H,1H3,(H,20,22). The lowest BCUT2D eigenvalue weighted by molar-refractivity contribution is -0.122. The van der Waals surface area contributed by atoms with Gasteiger partial charge in [-0.2, -0.15) is 5.10 Å². The molecule has 0 saturated carbocycles. The van der Waals surface area contributed by atoms with Crippen LogP contribution in [0.25, 0.3) is 5.52 Å². The van der Waals surface area contributed by atoms with E-state index in [1.165, 1.54) is 0 Å². The lowest BCUT2D eigenvalue weighted by Gasteiger charge is -2.16. The highest BCUT2D eigenvalue weighted by Crippen LogP contribution is 2.28. The summed E-state index contributed by atoms with van der Waals surface area (Å²) in [6, 6.07) is 10.3. The highest BCUT2D eigenvalue weighted by atomic mass is 35.5. The molecule has 0 aliphatic heterocycles. The number of rotatable bonds is 4. The van der Waals surface area contributed by atoms with E-state index in [0.29, 0.717) is 21.5 Å². The molecule has 0 fully saturated rings. The van der Waals surface area contributed by atoms with Crippen LogP contribution in [0.15, 0.2) is 48.8 Å². The number of pyridine rings is 1. The summed E-state index contributed by atoms with van der Waals surface area (Å²) in [5.74, 6) is 0.129. The Morgan fingerprint density at radius 2 is 2.09 bits per heavy atom. The lowest BCUT2D eigenvalue weighted by Crippen LogP contribution is -2.30. The van der Waals surface area contributed by atoms with E-state index in [9.17, 15) is 4.79 Å². The highest BCUT2D eigenvalue weighted by Gasteiger charge is 2.16. The van der Waals surface area contributed by atoms with Gasteiger partial charge in [0.25, 0.3) is 5.91 Å². The monoisotopic (exact) mass is 349 g/mol. The van der Waals surface area contributed by atoms with Gasteiger partial charge >= 0.3 is 0 Å². The minimum absolute atomic E-state index is 0.278. The Bertz CT molecular complexity index is 863. The molecule has 3 aromatic rings. The van der Waals surface area contributed by atoms with E-state index >= 15 is 0 Å². The van der Waals surface area contributed by atoms with E-state index in [1.807, 2.05) is 12.1 Å². The van der Waals surface area contributed by atoms with Gasteiger partial charge in [0, 0.05) is 23.1 Å². The number of hydrogen-bond donors (Lipinski definition) is 1. The molecule has 23 heavy (non-hydrogen) atoms. The number of aromatic nitrogens is 2. The molecule has 0 bridgehead atoms. The molecule has 1 aromatic carbocycles.